The highest BCUT2D eigenvalue weighted by Gasteiger charge is 2.24. The molecule has 18 heavy (non-hydrogen) atoms. The fraction of sp³-hybridized carbons (Fsp3) is 0.600. The highest BCUT2D eigenvalue weighted by Crippen LogP contribution is 2.21. The lowest BCUT2D eigenvalue weighted by Crippen LogP contribution is -2.44. The second-order valence-electron chi connectivity index (χ2n) is 5.70. The van der Waals surface area contributed by atoms with Crippen molar-refractivity contribution in [3.05, 3.63) is 29.6 Å². The zero-order valence-corrected chi connectivity index (χ0v) is 12.0. The van der Waals surface area contributed by atoms with E-state index >= 15 is 0 Å². The summed E-state index contributed by atoms with van der Waals surface area (Å²) in [5.74, 6) is 0.369. The van der Waals surface area contributed by atoms with E-state index in [4.69, 9.17) is 4.74 Å². The van der Waals surface area contributed by atoms with Gasteiger partial charge in [0.1, 0.15) is 18.2 Å². The normalized spacial score (nSPS) is 13.4. The molecule has 0 radical (unpaired) electrons. The van der Waals surface area contributed by atoms with E-state index in [0.717, 1.165) is 6.54 Å². The summed E-state index contributed by atoms with van der Waals surface area (Å²) in [6.45, 7) is 11.8. The molecular formula is C15H24FNO. The Morgan fingerprint density at radius 2 is 2.00 bits per heavy atom. The van der Waals surface area contributed by atoms with Crippen LogP contribution in [0.5, 0.6) is 5.75 Å². The van der Waals surface area contributed by atoms with Crippen molar-refractivity contribution in [1.29, 1.82) is 0 Å². The van der Waals surface area contributed by atoms with Crippen LogP contribution in [0.2, 0.25) is 0 Å². The molecule has 102 valence electrons. The lowest BCUT2D eigenvalue weighted by atomic mass is 9.87. The first-order chi connectivity index (χ1) is 8.34. The SMILES string of the molecule is CCNC(COc1ccc(C)c(F)c1)C(C)(C)C. The lowest BCUT2D eigenvalue weighted by Gasteiger charge is -2.31. The van der Waals surface area contributed by atoms with E-state index in [9.17, 15) is 4.39 Å². The van der Waals surface area contributed by atoms with Crippen LogP contribution in [0.1, 0.15) is 33.3 Å². The molecule has 3 heteroatoms. The maximum absolute atomic E-state index is 13.4. The summed E-state index contributed by atoms with van der Waals surface area (Å²) in [7, 11) is 0. The minimum absolute atomic E-state index is 0.110. The molecule has 0 bridgehead atoms. The zero-order valence-electron chi connectivity index (χ0n) is 12.0. The molecular weight excluding hydrogens is 229 g/mol. The molecule has 1 rings (SSSR count). The van der Waals surface area contributed by atoms with Crippen LogP contribution in [-0.4, -0.2) is 19.2 Å². The Kier molecular flexibility index (Phi) is 5.15. The Bertz CT molecular complexity index is 385. The molecule has 2 nitrogen and oxygen atoms in total. The number of ether oxygens (including phenoxy) is 1. The van der Waals surface area contributed by atoms with Gasteiger partial charge in [-0.25, -0.2) is 4.39 Å². The molecule has 1 unspecified atom stereocenters. The fourth-order valence-corrected chi connectivity index (χ4v) is 1.70. The van der Waals surface area contributed by atoms with Crippen molar-refractivity contribution in [3.8, 4) is 5.75 Å². The average molecular weight is 253 g/mol. The third-order valence-electron chi connectivity index (χ3n) is 3.06. The summed E-state index contributed by atoms with van der Waals surface area (Å²) in [5.41, 5.74) is 0.751. The number of benzene rings is 1. The topological polar surface area (TPSA) is 21.3 Å². The number of hydrogen-bond donors (Lipinski definition) is 1. The number of halogens is 1. The monoisotopic (exact) mass is 253 g/mol. The van der Waals surface area contributed by atoms with Crippen LogP contribution in [0.15, 0.2) is 18.2 Å². The molecule has 0 fully saturated rings. The van der Waals surface area contributed by atoms with Gasteiger partial charge in [-0.05, 0) is 30.5 Å². The third-order valence-corrected chi connectivity index (χ3v) is 3.06. The van der Waals surface area contributed by atoms with Gasteiger partial charge < -0.3 is 10.1 Å². The average Bonchev–Trinajstić information content (AvgIpc) is 2.27. The first-order valence-electron chi connectivity index (χ1n) is 6.47. The van der Waals surface area contributed by atoms with E-state index in [1.54, 1.807) is 13.0 Å². The van der Waals surface area contributed by atoms with Crippen molar-refractivity contribution in [2.75, 3.05) is 13.2 Å². The van der Waals surface area contributed by atoms with Gasteiger partial charge in [0.15, 0.2) is 0 Å². The van der Waals surface area contributed by atoms with Gasteiger partial charge >= 0.3 is 0 Å². The van der Waals surface area contributed by atoms with Gasteiger partial charge in [0.25, 0.3) is 0 Å². The van der Waals surface area contributed by atoms with Crippen LogP contribution in [0.25, 0.3) is 0 Å². The number of rotatable bonds is 5. The molecule has 0 heterocycles. The van der Waals surface area contributed by atoms with E-state index < -0.39 is 0 Å². The molecule has 0 amide bonds. The van der Waals surface area contributed by atoms with E-state index in [0.29, 0.717) is 17.9 Å². The Morgan fingerprint density at radius 1 is 1.33 bits per heavy atom. The standard InChI is InChI=1S/C15H24FNO/c1-6-17-14(15(3,4)5)10-18-12-8-7-11(2)13(16)9-12/h7-9,14,17H,6,10H2,1-5H3. The van der Waals surface area contributed by atoms with Gasteiger partial charge in [-0.15, -0.1) is 0 Å². The molecule has 0 aliphatic heterocycles. The van der Waals surface area contributed by atoms with Crippen molar-refractivity contribution in [2.45, 2.75) is 40.7 Å². The van der Waals surface area contributed by atoms with E-state index in [-0.39, 0.29) is 17.3 Å². The molecule has 1 atom stereocenters. The summed E-state index contributed by atoms with van der Waals surface area (Å²) in [6, 6.07) is 5.24. The van der Waals surface area contributed by atoms with E-state index in [1.807, 2.05) is 6.07 Å². The van der Waals surface area contributed by atoms with Crippen LogP contribution in [0.3, 0.4) is 0 Å². The van der Waals surface area contributed by atoms with Gasteiger partial charge in [0.05, 0.1) is 0 Å². The predicted octanol–water partition coefficient (Wildman–Crippen LogP) is 3.54. The van der Waals surface area contributed by atoms with Crippen molar-refractivity contribution < 1.29 is 9.13 Å². The molecule has 0 aliphatic rings. The maximum Gasteiger partial charge on any atom is 0.129 e. The fourth-order valence-electron chi connectivity index (χ4n) is 1.70. The minimum atomic E-state index is -0.219. The first-order valence-corrected chi connectivity index (χ1v) is 6.47. The lowest BCUT2D eigenvalue weighted by molar-refractivity contribution is 0.175. The summed E-state index contributed by atoms with van der Waals surface area (Å²) in [6.07, 6.45) is 0. The van der Waals surface area contributed by atoms with Gasteiger partial charge in [-0.1, -0.05) is 33.8 Å². The van der Waals surface area contributed by atoms with Crippen LogP contribution < -0.4 is 10.1 Å². The summed E-state index contributed by atoms with van der Waals surface area (Å²) >= 11 is 0. The zero-order chi connectivity index (χ0) is 13.8. The molecule has 0 aliphatic carbocycles. The highest BCUT2D eigenvalue weighted by atomic mass is 19.1. The molecule has 1 aromatic rings. The van der Waals surface area contributed by atoms with Crippen molar-refractivity contribution >= 4 is 0 Å². The number of aryl methyl sites for hydroxylation is 1. The van der Waals surface area contributed by atoms with Crippen LogP contribution in [0, 0.1) is 18.2 Å². The number of hydrogen-bond acceptors (Lipinski definition) is 2. The van der Waals surface area contributed by atoms with Crippen molar-refractivity contribution in [2.24, 2.45) is 5.41 Å². The predicted molar refractivity (Wildman–Crippen MR) is 73.6 cm³/mol. The van der Waals surface area contributed by atoms with E-state index in [2.05, 4.69) is 33.0 Å². The smallest absolute Gasteiger partial charge is 0.129 e. The third kappa shape index (κ3) is 4.30. The Balaban J connectivity index is 2.64. The maximum atomic E-state index is 13.4. The van der Waals surface area contributed by atoms with Gasteiger partial charge in [-0.3, -0.25) is 0 Å². The van der Waals surface area contributed by atoms with Crippen LogP contribution >= 0.6 is 0 Å². The van der Waals surface area contributed by atoms with Crippen LogP contribution in [0.4, 0.5) is 4.39 Å². The first kappa shape index (κ1) is 15.0. The molecule has 0 spiro atoms. The highest BCUT2D eigenvalue weighted by molar-refractivity contribution is 5.28. The number of nitrogens with one attached hydrogen (secondary N) is 1. The Labute approximate surface area is 110 Å². The second-order valence-corrected chi connectivity index (χ2v) is 5.70. The molecule has 0 saturated carbocycles. The number of likely N-dealkylation sites (N-methyl/N-ethyl adjacent to an activating group) is 1. The molecule has 0 aromatic heterocycles. The Hall–Kier alpha value is -1.09. The largest absolute Gasteiger partial charge is 0.492 e. The molecule has 1 N–H and O–H groups in total. The van der Waals surface area contributed by atoms with Crippen molar-refractivity contribution in [1.82, 2.24) is 5.32 Å². The van der Waals surface area contributed by atoms with Gasteiger partial charge in [0.2, 0.25) is 0 Å². The van der Waals surface area contributed by atoms with Crippen LogP contribution in [-0.2, 0) is 0 Å². The summed E-state index contributed by atoms with van der Waals surface area (Å²) < 4.78 is 19.1. The minimum Gasteiger partial charge on any atom is -0.492 e. The second kappa shape index (κ2) is 6.19. The molecule has 0 saturated heterocycles. The van der Waals surface area contributed by atoms with Gasteiger partial charge in [-0.2, -0.15) is 0 Å². The van der Waals surface area contributed by atoms with Crippen molar-refractivity contribution in [3.63, 3.8) is 0 Å². The quantitative estimate of drug-likeness (QED) is 0.866. The molecule has 1 aromatic carbocycles. The van der Waals surface area contributed by atoms with E-state index in [1.165, 1.54) is 6.07 Å². The summed E-state index contributed by atoms with van der Waals surface area (Å²) in [4.78, 5) is 0. The summed E-state index contributed by atoms with van der Waals surface area (Å²) in [5, 5.41) is 3.40. The van der Waals surface area contributed by atoms with Gasteiger partial charge in [0, 0.05) is 12.1 Å². The Morgan fingerprint density at radius 3 is 2.50 bits per heavy atom.